The number of H-pyrrole nitrogens is 1. The number of tetrazole rings is 1. The normalized spacial score (nSPS) is 16.7. The molecule has 0 aliphatic carbocycles. The second-order valence-electron chi connectivity index (χ2n) is 8.01. The summed E-state index contributed by atoms with van der Waals surface area (Å²) in [5.41, 5.74) is 3.62. The van der Waals surface area contributed by atoms with E-state index in [2.05, 4.69) is 26.6 Å². The average Bonchev–Trinajstić information content (AvgIpc) is 3.36. The molecule has 4 rings (SSSR count). The molecule has 3 aromatic rings. The Kier molecular flexibility index (Phi) is 6.21. The van der Waals surface area contributed by atoms with Crippen molar-refractivity contribution in [1.82, 2.24) is 30.1 Å². The SMILES string of the molecule is Cc1cc(C)c2cc(CN(CCO)Cc3nnnn3C[C@H]3CCCO3)c(=O)[nH]c2c1. The van der Waals surface area contributed by atoms with E-state index in [1.807, 2.05) is 30.9 Å². The van der Waals surface area contributed by atoms with Crippen molar-refractivity contribution < 1.29 is 9.84 Å². The average molecular weight is 412 g/mol. The minimum absolute atomic E-state index is 0.0169. The second-order valence-corrected chi connectivity index (χ2v) is 8.01. The largest absolute Gasteiger partial charge is 0.395 e. The van der Waals surface area contributed by atoms with Crippen LogP contribution in [-0.2, 0) is 24.4 Å². The molecule has 1 fully saturated rings. The maximum Gasteiger partial charge on any atom is 0.252 e. The lowest BCUT2D eigenvalue weighted by molar-refractivity contribution is 0.0912. The van der Waals surface area contributed by atoms with Gasteiger partial charge in [0.1, 0.15) is 0 Å². The number of hydrogen-bond donors (Lipinski definition) is 2. The Labute approximate surface area is 174 Å². The number of rotatable bonds is 8. The van der Waals surface area contributed by atoms with Crippen molar-refractivity contribution in [3.05, 3.63) is 51.1 Å². The molecule has 1 aromatic carbocycles. The van der Waals surface area contributed by atoms with E-state index in [9.17, 15) is 9.90 Å². The number of nitrogens with zero attached hydrogens (tertiary/aromatic N) is 5. The Bertz CT molecular complexity index is 1070. The lowest BCUT2D eigenvalue weighted by Crippen LogP contribution is -2.31. The quantitative estimate of drug-likeness (QED) is 0.574. The standard InChI is InChI=1S/C21H28N6O3/c1-14-8-15(2)18-10-16(21(29)22-19(18)9-14)11-26(5-6-28)13-20-23-24-25-27(20)12-17-4-3-7-30-17/h8-10,17,28H,3-7,11-13H2,1-2H3,(H,22,29)/t17-/m1/s1. The molecule has 2 aromatic heterocycles. The number of aryl methyl sites for hydroxylation is 2. The molecular weight excluding hydrogens is 384 g/mol. The zero-order valence-electron chi connectivity index (χ0n) is 17.5. The zero-order valence-corrected chi connectivity index (χ0v) is 17.5. The van der Waals surface area contributed by atoms with Crippen LogP contribution in [0.15, 0.2) is 23.0 Å². The van der Waals surface area contributed by atoms with Gasteiger partial charge in [-0.25, -0.2) is 4.68 Å². The first-order valence-corrected chi connectivity index (χ1v) is 10.4. The van der Waals surface area contributed by atoms with E-state index in [0.717, 1.165) is 41.5 Å². The van der Waals surface area contributed by atoms with Gasteiger partial charge < -0.3 is 14.8 Å². The molecule has 1 saturated heterocycles. The molecular formula is C21H28N6O3. The maximum atomic E-state index is 12.7. The molecule has 0 radical (unpaired) electrons. The number of hydrogen-bond acceptors (Lipinski definition) is 7. The van der Waals surface area contributed by atoms with Crippen molar-refractivity contribution in [2.24, 2.45) is 0 Å². The lowest BCUT2D eigenvalue weighted by Gasteiger charge is -2.21. The van der Waals surface area contributed by atoms with Gasteiger partial charge in [0, 0.05) is 36.2 Å². The molecule has 1 atom stereocenters. The van der Waals surface area contributed by atoms with Gasteiger partial charge in [0.25, 0.3) is 5.56 Å². The highest BCUT2D eigenvalue weighted by Gasteiger charge is 2.20. The van der Waals surface area contributed by atoms with Crippen LogP contribution in [0.3, 0.4) is 0 Å². The molecule has 1 aliphatic heterocycles. The summed E-state index contributed by atoms with van der Waals surface area (Å²) in [5.74, 6) is 0.697. The highest BCUT2D eigenvalue weighted by molar-refractivity contribution is 5.83. The highest BCUT2D eigenvalue weighted by atomic mass is 16.5. The fourth-order valence-corrected chi connectivity index (χ4v) is 4.09. The summed E-state index contributed by atoms with van der Waals surface area (Å²) in [7, 11) is 0. The van der Waals surface area contributed by atoms with Crippen molar-refractivity contribution in [2.45, 2.75) is 52.4 Å². The topological polar surface area (TPSA) is 109 Å². The van der Waals surface area contributed by atoms with Gasteiger partial charge in [0.15, 0.2) is 5.82 Å². The van der Waals surface area contributed by atoms with E-state index in [4.69, 9.17) is 4.74 Å². The van der Waals surface area contributed by atoms with Crippen LogP contribution in [0.4, 0.5) is 0 Å². The van der Waals surface area contributed by atoms with Gasteiger partial charge in [-0.1, -0.05) is 6.07 Å². The number of pyridine rings is 1. The molecule has 9 nitrogen and oxygen atoms in total. The summed E-state index contributed by atoms with van der Waals surface area (Å²) in [5, 5.41) is 22.6. The molecule has 2 N–H and O–H groups in total. The molecule has 160 valence electrons. The van der Waals surface area contributed by atoms with Crippen LogP contribution in [0.25, 0.3) is 10.9 Å². The van der Waals surface area contributed by atoms with Crippen molar-refractivity contribution in [3.63, 3.8) is 0 Å². The summed E-state index contributed by atoms with van der Waals surface area (Å²) >= 11 is 0. The third-order valence-corrected chi connectivity index (χ3v) is 5.57. The molecule has 30 heavy (non-hydrogen) atoms. The molecule has 0 spiro atoms. The van der Waals surface area contributed by atoms with E-state index in [1.165, 1.54) is 0 Å². The molecule has 0 unspecified atom stereocenters. The first-order chi connectivity index (χ1) is 14.5. The molecule has 0 saturated carbocycles. The number of aliphatic hydroxyl groups excluding tert-OH is 1. The molecule has 3 heterocycles. The van der Waals surface area contributed by atoms with E-state index >= 15 is 0 Å². The Morgan fingerprint density at radius 2 is 2.17 bits per heavy atom. The lowest BCUT2D eigenvalue weighted by atomic mass is 10.0. The van der Waals surface area contributed by atoms with Crippen molar-refractivity contribution in [1.29, 1.82) is 0 Å². The van der Waals surface area contributed by atoms with Gasteiger partial charge in [-0.15, -0.1) is 5.10 Å². The van der Waals surface area contributed by atoms with Crippen LogP contribution < -0.4 is 5.56 Å². The first-order valence-electron chi connectivity index (χ1n) is 10.4. The Morgan fingerprint density at radius 1 is 1.30 bits per heavy atom. The Hall–Kier alpha value is -2.62. The van der Waals surface area contributed by atoms with Gasteiger partial charge in [-0.05, 0) is 60.4 Å². The van der Waals surface area contributed by atoms with Crippen LogP contribution in [0.2, 0.25) is 0 Å². The zero-order chi connectivity index (χ0) is 21.1. The van der Waals surface area contributed by atoms with E-state index in [1.54, 1.807) is 4.68 Å². The smallest absolute Gasteiger partial charge is 0.252 e. The second kappa shape index (κ2) is 9.03. The van der Waals surface area contributed by atoms with Crippen molar-refractivity contribution >= 4 is 10.9 Å². The fraction of sp³-hybridized carbons (Fsp3) is 0.524. The Balaban J connectivity index is 1.55. The summed E-state index contributed by atoms with van der Waals surface area (Å²) in [6, 6.07) is 6.04. The molecule has 9 heteroatoms. The summed E-state index contributed by atoms with van der Waals surface area (Å²) in [4.78, 5) is 17.7. The third-order valence-electron chi connectivity index (χ3n) is 5.57. The maximum absolute atomic E-state index is 12.7. The van der Waals surface area contributed by atoms with Gasteiger partial charge in [0.2, 0.25) is 0 Å². The van der Waals surface area contributed by atoms with Crippen LogP contribution in [-0.4, -0.2) is 61.1 Å². The van der Waals surface area contributed by atoms with Crippen molar-refractivity contribution in [3.8, 4) is 0 Å². The minimum atomic E-state index is -0.116. The number of aliphatic hydroxyl groups is 1. The van der Waals surface area contributed by atoms with Crippen LogP contribution in [0, 0.1) is 13.8 Å². The first kappa shape index (κ1) is 20.6. The van der Waals surface area contributed by atoms with Crippen LogP contribution in [0.5, 0.6) is 0 Å². The number of aromatic nitrogens is 5. The molecule has 0 bridgehead atoms. The van der Waals surface area contributed by atoms with E-state index in [-0.39, 0.29) is 18.3 Å². The number of benzene rings is 1. The minimum Gasteiger partial charge on any atom is -0.395 e. The fourth-order valence-electron chi connectivity index (χ4n) is 4.09. The number of ether oxygens (including phenoxy) is 1. The number of fused-ring (bicyclic) bond motifs is 1. The van der Waals surface area contributed by atoms with Gasteiger partial charge >= 0.3 is 0 Å². The Morgan fingerprint density at radius 3 is 2.93 bits per heavy atom. The summed E-state index contributed by atoms with van der Waals surface area (Å²) in [6.07, 6.45) is 2.20. The van der Waals surface area contributed by atoms with Gasteiger partial charge in [-0.3, -0.25) is 9.69 Å². The highest BCUT2D eigenvalue weighted by Crippen LogP contribution is 2.19. The number of aromatic amines is 1. The summed E-state index contributed by atoms with van der Waals surface area (Å²) in [6.45, 7) is 6.68. The predicted octanol–water partition coefficient (Wildman–Crippen LogP) is 1.30. The summed E-state index contributed by atoms with van der Waals surface area (Å²) < 4.78 is 7.45. The van der Waals surface area contributed by atoms with Crippen molar-refractivity contribution in [2.75, 3.05) is 19.8 Å². The van der Waals surface area contributed by atoms with E-state index in [0.29, 0.717) is 37.6 Å². The predicted molar refractivity (Wildman–Crippen MR) is 112 cm³/mol. The van der Waals surface area contributed by atoms with E-state index < -0.39 is 0 Å². The van der Waals surface area contributed by atoms with Gasteiger partial charge in [-0.2, -0.15) is 0 Å². The third kappa shape index (κ3) is 4.58. The monoisotopic (exact) mass is 412 g/mol. The van der Waals surface area contributed by atoms with Crippen LogP contribution in [0.1, 0.15) is 35.4 Å². The van der Waals surface area contributed by atoms with Gasteiger partial charge in [0.05, 0.1) is 25.8 Å². The van der Waals surface area contributed by atoms with Crippen LogP contribution >= 0.6 is 0 Å². The molecule has 0 amide bonds. The number of nitrogens with one attached hydrogen (secondary N) is 1. The molecule has 1 aliphatic rings.